The lowest BCUT2D eigenvalue weighted by molar-refractivity contribution is -0.303. The molecule has 0 heterocycles. The molecule has 1 N–H and O–H groups in total. The zero-order chi connectivity index (χ0) is 11.5. The third-order valence-electron chi connectivity index (χ3n) is 1.53. The van der Waals surface area contributed by atoms with E-state index in [-0.39, 0.29) is 4.90 Å². The summed E-state index contributed by atoms with van der Waals surface area (Å²) in [4.78, 5) is 10.0. The second-order valence-corrected chi connectivity index (χ2v) is 4.85. The molecule has 0 aliphatic rings. The molecule has 1 rings (SSSR count). The number of carbonyl (C=O) groups excluding carboxylic acids is 1. The highest BCUT2D eigenvalue weighted by molar-refractivity contribution is 7.89. The van der Waals surface area contributed by atoms with E-state index in [1.54, 1.807) is 0 Å². The summed E-state index contributed by atoms with van der Waals surface area (Å²) < 4.78 is 24.7. The number of nitrogens with one attached hydrogen (secondary N) is 1. The first-order valence-corrected chi connectivity index (χ1v) is 5.73. The number of carboxylic acid groups (broad SMARTS) is 1. The van der Waals surface area contributed by atoms with Crippen LogP contribution in [0.15, 0.2) is 29.2 Å². The fourth-order valence-corrected chi connectivity index (χ4v) is 1.95. The van der Waals surface area contributed by atoms with E-state index in [1.807, 2.05) is 4.72 Å². The van der Waals surface area contributed by atoms with Gasteiger partial charge in [-0.1, -0.05) is 11.6 Å². The van der Waals surface area contributed by atoms with E-state index in [9.17, 15) is 18.3 Å². The topological polar surface area (TPSA) is 86.3 Å². The minimum absolute atomic E-state index is 0.0480. The number of aliphatic carboxylic acids is 1. The minimum Gasteiger partial charge on any atom is -0.549 e. The average Bonchev–Trinajstić information content (AvgIpc) is 2.16. The minimum atomic E-state index is -3.80. The number of halogens is 1. The summed E-state index contributed by atoms with van der Waals surface area (Å²) in [5.74, 6) is -1.49. The Labute approximate surface area is 91.7 Å². The predicted molar refractivity (Wildman–Crippen MR) is 51.6 cm³/mol. The summed E-state index contributed by atoms with van der Waals surface area (Å²) in [7, 11) is -3.80. The molecule has 0 radical (unpaired) electrons. The van der Waals surface area contributed by atoms with Crippen molar-refractivity contribution in [3.63, 3.8) is 0 Å². The predicted octanol–water partition coefficient (Wildman–Crippen LogP) is -0.632. The van der Waals surface area contributed by atoms with Gasteiger partial charge in [0.2, 0.25) is 10.0 Å². The van der Waals surface area contributed by atoms with Crippen molar-refractivity contribution in [3.8, 4) is 0 Å². The van der Waals surface area contributed by atoms with Gasteiger partial charge in [-0.3, -0.25) is 0 Å². The Kier molecular flexibility index (Phi) is 3.67. The molecule has 7 heteroatoms. The molecule has 0 amide bonds. The Balaban J connectivity index is 2.87. The molecule has 1 aromatic carbocycles. The summed E-state index contributed by atoms with van der Waals surface area (Å²) in [6, 6.07) is 5.35. The highest BCUT2D eigenvalue weighted by atomic mass is 35.5. The van der Waals surface area contributed by atoms with Crippen molar-refractivity contribution in [1.29, 1.82) is 0 Å². The Hall–Kier alpha value is -1.11. The molecule has 0 unspecified atom stereocenters. The van der Waals surface area contributed by atoms with E-state index in [0.29, 0.717) is 5.02 Å². The quantitative estimate of drug-likeness (QED) is 0.769. The van der Waals surface area contributed by atoms with Crippen LogP contribution in [-0.2, 0) is 14.8 Å². The first-order chi connectivity index (χ1) is 6.92. The number of benzene rings is 1. The maximum Gasteiger partial charge on any atom is 0.240 e. The van der Waals surface area contributed by atoms with Crippen LogP contribution in [0.1, 0.15) is 0 Å². The lowest BCUT2D eigenvalue weighted by Crippen LogP contribution is -2.37. The molecule has 5 nitrogen and oxygen atoms in total. The molecule has 1 aromatic rings. The molecule has 0 aliphatic carbocycles. The van der Waals surface area contributed by atoms with E-state index in [4.69, 9.17) is 11.6 Å². The number of carboxylic acids is 1. The summed E-state index contributed by atoms with van der Waals surface area (Å²) in [6.07, 6.45) is 0. The van der Waals surface area contributed by atoms with Gasteiger partial charge in [0.05, 0.1) is 17.4 Å². The second-order valence-electron chi connectivity index (χ2n) is 2.65. The van der Waals surface area contributed by atoms with E-state index >= 15 is 0 Å². The number of carbonyl (C=O) groups is 1. The van der Waals surface area contributed by atoms with Gasteiger partial charge in [-0.2, -0.15) is 0 Å². The monoisotopic (exact) mass is 248 g/mol. The molecule has 0 atom stereocenters. The Morgan fingerprint density at radius 1 is 1.33 bits per heavy atom. The van der Waals surface area contributed by atoms with Crippen molar-refractivity contribution in [2.24, 2.45) is 0 Å². The smallest absolute Gasteiger partial charge is 0.240 e. The largest absolute Gasteiger partial charge is 0.549 e. The first-order valence-electron chi connectivity index (χ1n) is 3.87. The van der Waals surface area contributed by atoms with Crippen molar-refractivity contribution in [2.75, 3.05) is 6.54 Å². The van der Waals surface area contributed by atoms with E-state index in [1.165, 1.54) is 24.3 Å². The van der Waals surface area contributed by atoms with Crippen molar-refractivity contribution in [3.05, 3.63) is 29.3 Å². The number of hydrogen-bond acceptors (Lipinski definition) is 4. The van der Waals surface area contributed by atoms with Gasteiger partial charge >= 0.3 is 0 Å². The van der Waals surface area contributed by atoms with Crippen LogP contribution in [0.2, 0.25) is 5.02 Å². The van der Waals surface area contributed by atoms with Crippen LogP contribution < -0.4 is 9.83 Å². The maximum absolute atomic E-state index is 11.4. The maximum atomic E-state index is 11.4. The summed E-state index contributed by atoms with van der Waals surface area (Å²) in [6.45, 7) is -0.759. The molecule has 0 saturated heterocycles. The molecule has 0 aromatic heterocycles. The normalized spacial score (nSPS) is 11.3. The van der Waals surface area contributed by atoms with Crippen molar-refractivity contribution < 1.29 is 18.3 Å². The zero-order valence-electron chi connectivity index (χ0n) is 7.44. The number of rotatable bonds is 4. The van der Waals surface area contributed by atoms with Crippen LogP contribution in [0.3, 0.4) is 0 Å². The molecule has 0 spiro atoms. The average molecular weight is 249 g/mol. The summed E-state index contributed by atoms with van der Waals surface area (Å²) >= 11 is 5.57. The van der Waals surface area contributed by atoms with Gasteiger partial charge in [0.15, 0.2) is 0 Å². The molecule has 82 valence electrons. The lowest BCUT2D eigenvalue weighted by Gasteiger charge is -2.06. The Morgan fingerprint density at radius 3 is 2.33 bits per heavy atom. The van der Waals surface area contributed by atoms with Gasteiger partial charge < -0.3 is 9.90 Å². The van der Waals surface area contributed by atoms with Crippen LogP contribution in [0.5, 0.6) is 0 Å². The molecule has 15 heavy (non-hydrogen) atoms. The van der Waals surface area contributed by atoms with Crippen molar-refractivity contribution in [1.82, 2.24) is 4.72 Å². The standard InChI is InChI=1S/C8H8ClNO4S/c9-6-1-3-7(4-2-6)15(13,14)10-5-8(11)12/h1-4,10H,5H2,(H,11,12)/p-1. The van der Waals surface area contributed by atoms with Gasteiger partial charge in [-0.25, -0.2) is 13.1 Å². The van der Waals surface area contributed by atoms with E-state index in [0.717, 1.165) is 0 Å². The summed E-state index contributed by atoms with van der Waals surface area (Å²) in [5, 5.41) is 10.5. The van der Waals surface area contributed by atoms with Crippen molar-refractivity contribution >= 4 is 27.6 Å². The van der Waals surface area contributed by atoms with Crippen LogP contribution in [-0.4, -0.2) is 20.9 Å². The van der Waals surface area contributed by atoms with Gasteiger partial charge in [0, 0.05) is 5.02 Å². The molecule has 0 saturated carbocycles. The molecule has 0 fully saturated rings. The SMILES string of the molecule is O=C([O-])CNS(=O)(=O)c1ccc(Cl)cc1. The fraction of sp³-hybridized carbons (Fsp3) is 0.125. The van der Waals surface area contributed by atoms with Crippen LogP contribution in [0.25, 0.3) is 0 Å². The van der Waals surface area contributed by atoms with Gasteiger partial charge in [0.1, 0.15) is 0 Å². The van der Waals surface area contributed by atoms with Crippen molar-refractivity contribution in [2.45, 2.75) is 4.90 Å². The first kappa shape index (κ1) is 12.0. The number of sulfonamides is 1. The third kappa shape index (κ3) is 3.50. The third-order valence-corrected chi connectivity index (χ3v) is 3.20. The Morgan fingerprint density at radius 2 is 1.87 bits per heavy atom. The van der Waals surface area contributed by atoms with Crippen LogP contribution in [0.4, 0.5) is 0 Å². The fourth-order valence-electron chi connectivity index (χ4n) is 0.851. The van der Waals surface area contributed by atoms with E-state index in [2.05, 4.69) is 0 Å². The number of hydrogen-bond donors (Lipinski definition) is 1. The van der Waals surface area contributed by atoms with Gasteiger partial charge in [-0.15, -0.1) is 0 Å². The van der Waals surface area contributed by atoms with Gasteiger partial charge in [-0.05, 0) is 24.3 Å². The van der Waals surface area contributed by atoms with Crippen LogP contribution >= 0.6 is 11.6 Å². The van der Waals surface area contributed by atoms with Gasteiger partial charge in [0.25, 0.3) is 0 Å². The molecule has 0 aliphatic heterocycles. The molecule has 0 bridgehead atoms. The highest BCUT2D eigenvalue weighted by Gasteiger charge is 2.12. The second kappa shape index (κ2) is 4.61. The summed E-state index contributed by atoms with van der Waals surface area (Å²) in [5.41, 5.74) is 0. The molecular formula is C8H7ClNO4S-. The zero-order valence-corrected chi connectivity index (χ0v) is 9.01. The molecular weight excluding hydrogens is 242 g/mol. The highest BCUT2D eigenvalue weighted by Crippen LogP contribution is 2.13. The lowest BCUT2D eigenvalue weighted by atomic mass is 10.4. The Bertz CT molecular complexity index is 454. The van der Waals surface area contributed by atoms with E-state index < -0.39 is 22.5 Å². The van der Waals surface area contributed by atoms with Crippen LogP contribution in [0, 0.1) is 0 Å².